The second kappa shape index (κ2) is 5.76. The Bertz CT molecular complexity index is 528. The number of aryl methyl sites for hydroxylation is 2. The number of H-pyrrole nitrogens is 1. The molecule has 0 radical (unpaired) electrons. The fourth-order valence-corrected chi connectivity index (χ4v) is 2.83. The highest BCUT2D eigenvalue weighted by Crippen LogP contribution is 2.33. The average Bonchev–Trinajstić information content (AvgIpc) is 3.14. The fourth-order valence-electron chi connectivity index (χ4n) is 2.83. The highest BCUT2D eigenvalue weighted by Gasteiger charge is 2.29. The van der Waals surface area contributed by atoms with Gasteiger partial charge in [-0.05, 0) is 18.9 Å². The molecule has 108 valence electrons. The number of hydrogen-bond donors (Lipinski definition) is 2. The van der Waals surface area contributed by atoms with Gasteiger partial charge in [0.25, 0.3) is 0 Å². The highest BCUT2D eigenvalue weighted by molar-refractivity contribution is 5.15. The number of ether oxygens (including phenoxy) is 1. The van der Waals surface area contributed by atoms with Gasteiger partial charge in [-0.2, -0.15) is 10.2 Å². The van der Waals surface area contributed by atoms with E-state index in [0.717, 1.165) is 31.7 Å². The quantitative estimate of drug-likeness (QED) is 0.863. The number of rotatable bonds is 5. The molecular weight excluding hydrogens is 254 g/mol. The Kier molecular flexibility index (Phi) is 3.84. The molecule has 0 bridgehead atoms. The van der Waals surface area contributed by atoms with Gasteiger partial charge in [0, 0.05) is 44.4 Å². The molecule has 1 aliphatic heterocycles. The standard InChI is InChI=1S/C14H21N5O/c1-10-5-18-19(2)13(10)9-15-6-11-3-4-20-14(11)12-7-16-17-8-12/h5,7-8,11,14-15H,3-4,6,9H2,1-2H3,(H,16,17)/t11-,14+/m1/s1. The van der Waals surface area contributed by atoms with Gasteiger partial charge < -0.3 is 10.1 Å². The fraction of sp³-hybridized carbons (Fsp3) is 0.571. The summed E-state index contributed by atoms with van der Waals surface area (Å²) in [5, 5.41) is 14.7. The van der Waals surface area contributed by atoms with Crippen molar-refractivity contribution >= 4 is 0 Å². The van der Waals surface area contributed by atoms with Crippen LogP contribution in [0.15, 0.2) is 18.6 Å². The van der Waals surface area contributed by atoms with Crippen molar-refractivity contribution < 1.29 is 4.74 Å². The molecule has 3 heterocycles. The van der Waals surface area contributed by atoms with Crippen molar-refractivity contribution in [3.8, 4) is 0 Å². The van der Waals surface area contributed by atoms with Crippen LogP contribution in [-0.2, 0) is 18.3 Å². The molecule has 0 saturated carbocycles. The number of aromatic nitrogens is 4. The lowest BCUT2D eigenvalue weighted by Gasteiger charge is -2.18. The SMILES string of the molecule is Cc1cnn(C)c1CNC[C@H]1CCO[C@@H]1c1cn[nH]c1. The molecule has 2 aromatic heterocycles. The molecule has 6 nitrogen and oxygen atoms in total. The molecule has 0 unspecified atom stereocenters. The number of hydrogen-bond acceptors (Lipinski definition) is 4. The predicted octanol–water partition coefficient (Wildman–Crippen LogP) is 1.32. The van der Waals surface area contributed by atoms with E-state index < -0.39 is 0 Å². The van der Waals surface area contributed by atoms with Gasteiger partial charge in [0.15, 0.2) is 0 Å². The van der Waals surface area contributed by atoms with Gasteiger partial charge in [-0.15, -0.1) is 0 Å². The molecule has 6 heteroatoms. The molecular formula is C14H21N5O. The number of nitrogens with one attached hydrogen (secondary N) is 2. The molecule has 0 amide bonds. The first kappa shape index (κ1) is 13.3. The molecule has 2 N–H and O–H groups in total. The van der Waals surface area contributed by atoms with Crippen LogP contribution in [0.5, 0.6) is 0 Å². The summed E-state index contributed by atoms with van der Waals surface area (Å²) >= 11 is 0. The van der Waals surface area contributed by atoms with Crippen LogP contribution in [0.4, 0.5) is 0 Å². The Morgan fingerprint density at radius 3 is 3.10 bits per heavy atom. The molecule has 1 aliphatic rings. The zero-order valence-electron chi connectivity index (χ0n) is 12.0. The largest absolute Gasteiger partial charge is 0.373 e. The van der Waals surface area contributed by atoms with Crippen LogP contribution in [0.2, 0.25) is 0 Å². The van der Waals surface area contributed by atoms with Gasteiger partial charge in [-0.3, -0.25) is 9.78 Å². The van der Waals surface area contributed by atoms with Crippen LogP contribution >= 0.6 is 0 Å². The van der Waals surface area contributed by atoms with Crippen molar-refractivity contribution in [3.63, 3.8) is 0 Å². The zero-order chi connectivity index (χ0) is 13.9. The zero-order valence-corrected chi connectivity index (χ0v) is 12.0. The summed E-state index contributed by atoms with van der Waals surface area (Å²) in [6.07, 6.45) is 6.94. The second-order valence-electron chi connectivity index (χ2n) is 5.40. The van der Waals surface area contributed by atoms with Crippen LogP contribution in [0.25, 0.3) is 0 Å². The van der Waals surface area contributed by atoms with Crippen LogP contribution in [-0.4, -0.2) is 33.1 Å². The van der Waals surface area contributed by atoms with Crippen molar-refractivity contribution in [3.05, 3.63) is 35.4 Å². The minimum Gasteiger partial charge on any atom is -0.373 e. The highest BCUT2D eigenvalue weighted by atomic mass is 16.5. The molecule has 0 aromatic carbocycles. The minimum atomic E-state index is 0.161. The number of aromatic amines is 1. The van der Waals surface area contributed by atoms with E-state index in [0.29, 0.717) is 5.92 Å². The summed E-state index contributed by atoms with van der Waals surface area (Å²) in [5.74, 6) is 0.501. The van der Waals surface area contributed by atoms with Gasteiger partial charge in [0.1, 0.15) is 0 Å². The van der Waals surface area contributed by atoms with E-state index in [1.807, 2.05) is 30.3 Å². The lowest BCUT2D eigenvalue weighted by molar-refractivity contribution is 0.0904. The third-order valence-corrected chi connectivity index (χ3v) is 4.03. The van der Waals surface area contributed by atoms with Gasteiger partial charge in [0.05, 0.1) is 24.2 Å². The van der Waals surface area contributed by atoms with Crippen molar-refractivity contribution in [2.24, 2.45) is 13.0 Å². The lowest BCUT2D eigenvalue weighted by atomic mass is 9.97. The third-order valence-electron chi connectivity index (χ3n) is 4.03. The Morgan fingerprint density at radius 1 is 1.50 bits per heavy atom. The maximum absolute atomic E-state index is 5.83. The molecule has 0 spiro atoms. The van der Waals surface area contributed by atoms with Crippen molar-refractivity contribution in [1.82, 2.24) is 25.3 Å². The Morgan fingerprint density at radius 2 is 2.40 bits per heavy atom. The van der Waals surface area contributed by atoms with Crippen LogP contribution in [0.3, 0.4) is 0 Å². The molecule has 1 saturated heterocycles. The minimum absolute atomic E-state index is 0.161. The molecule has 2 atom stereocenters. The molecule has 2 aromatic rings. The van der Waals surface area contributed by atoms with E-state index >= 15 is 0 Å². The van der Waals surface area contributed by atoms with Gasteiger partial charge in [0.2, 0.25) is 0 Å². The summed E-state index contributed by atoms with van der Waals surface area (Å²) in [6, 6.07) is 0. The Hall–Kier alpha value is -1.66. The van der Waals surface area contributed by atoms with Gasteiger partial charge >= 0.3 is 0 Å². The topological polar surface area (TPSA) is 67.8 Å². The van der Waals surface area contributed by atoms with Crippen LogP contribution in [0, 0.1) is 12.8 Å². The van der Waals surface area contributed by atoms with E-state index in [1.54, 1.807) is 0 Å². The molecule has 0 aliphatic carbocycles. The van der Waals surface area contributed by atoms with E-state index in [4.69, 9.17) is 4.74 Å². The predicted molar refractivity (Wildman–Crippen MR) is 75.0 cm³/mol. The van der Waals surface area contributed by atoms with E-state index in [-0.39, 0.29) is 6.10 Å². The smallest absolute Gasteiger partial charge is 0.0896 e. The summed E-state index contributed by atoms with van der Waals surface area (Å²) in [6.45, 7) is 4.71. The van der Waals surface area contributed by atoms with E-state index in [9.17, 15) is 0 Å². The van der Waals surface area contributed by atoms with Crippen LogP contribution < -0.4 is 5.32 Å². The van der Waals surface area contributed by atoms with Crippen LogP contribution in [0.1, 0.15) is 29.3 Å². The molecule has 20 heavy (non-hydrogen) atoms. The Labute approximate surface area is 118 Å². The second-order valence-corrected chi connectivity index (χ2v) is 5.40. The first-order valence-electron chi connectivity index (χ1n) is 7.04. The summed E-state index contributed by atoms with van der Waals surface area (Å²) < 4.78 is 7.76. The van der Waals surface area contributed by atoms with Crippen molar-refractivity contribution in [2.45, 2.75) is 26.0 Å². The molecule has 1 fully saturated rings. The van der Waals surface area contributed by atoms with E-state index in [2.05, 4.69) is 27.5 Å². The number of nitrogens with zero attached hydrogens (tertiary/aromatic N) is 3. The maximum Gasteiger partial charge on any atom is 0.0896 e. The van der Waals surface area contributed by atoms with Crippen molar-refractivity contribution in [1.29, 1.82) is 0 Å². The monoisotopic (exact) mass is 275 g/mol. The van der Waals surface area contributed by atoms with E-state index in [1.165, 1.54) is 11.3 Å². The maximum atomic E-state index is 5.83. The van der Waals surface area contributed by atoms with Crippen molar-refractivity contribution in [2.75, 3.05) is 13.2 Å². The first-order chi connectivity index (χ1) is 9.75. The third kappa shape index (κ3) is 2.62. The van der Waals surface area contributed by atoms with Gasteiger partial charge in [-0.1, -0.05) is 0 Å². The lowest BCUT2D eigenvalue weighted by Crippen LogP contribution is -2.25. The average molecular weight is 275 g/mol. The summed E-state index contributed by atoms with van der Waals surface area (Å²) in [5.41, 5.74) is 3.61. The molecule has 3 rings (SSSR count). The summed E-state index contributed by atoms with van der Waals surface area (Å²) in [7, 11) is 1.98. The van der Waals surface area contributed by atoms with Gasteiger partial charge in [-0.25, -0.2) is 0 Å². The Balaban J connectivity index is 1.56. The summed E-state index contributed by atoms with van der Waals surface area (Å²) in [4.78, 5) is 0. The normalized spacial score (nSPS) is 22.5. The first-order valence-corrected chi connectivity index (χ1v) is 7.04.